The zero-order chi connectivity index (χ0) is 8.39. The summed E-state index contributed by atoms with van der Waals surface area (Å²) in [6.07, 6.45) is 2.11. The molecule has 1 aliphatic rings. The Labute approximate surface area is 72.2 Å². The third-order valence-corrected chi connectivity index (χ3v) is 2.59. The molecule has 64 valence electrons. The molecule has 1 aromatic carbocycles. The zero-order valence-electron chi connectivity index (χ0n) is 6.90. The summed E-state index contributed by atoms with van der Waals surface area (Å²) in [5.74, 6) is 0.649. The van der Waals surface area contributed by atoms with Crippen molar-refractivity contribution in [3.8, 4) is 0 Å². The van der Waals surface area contributed by atoms with Gasteiger partial charge in [0.1, 0.15) is 0 Å². The van der Waals surface area contributed by atoms with Crippen LogP contribution in [0.3, 0.4) is 0 Å². The number of rotatable bonds is 2. The van der Waals surface area contributed by atoms with Gasteiger partial charge in [0.05, 0.1) is 0 Å². The van der Waals surface area contributed by atoms with Crippen molar-refractivity contribution in [2.75, 3.05) is 0 Å². The van der Waals surface area contributed by atoms with Crippen LogP contribution in [-0.4, -0.2) is 11.2 Å². The topological polar surface area (TPSA) is 32.3 Å². The molecule has 0 atom stereocenters. The van der Waals surface area contributed by atoms with Gasteiger partial charge in [-0.3, -0.25) is 0 Å². The summed E-state index contributed by atoms with van der Waals surface area (Å²) in [7, 11) is 0. The van der Waals surface area contributed by atoms with Crippen LogP contribution < -0.4 is 5.48 Å². The zero-order valence-corrected chi connectivity index (χ0v) is 6.90. The fourth-order valence-electron chi connectivity index (χ4n) is 1.72. The second-order valence-corrected chi connectivity index (χ2v) is 3.41. The Kier molecular flexibility index (Phi) is 2.11. The molecule has 0 radical (unpaired) electrons. The van der Waals surface area contributed by atoms with E-state index in [0.717, 1.165) is 12.8 Å². The lowest BCUT2D eigenvalue weighted by Gasteiger charge is -2.34. The molecule has 1 aromatic rings. The lowest BCUT2D eigenvalue weighted by Crippen LogP contribution is -2.37. The predicted molar refractivity (Wildman–Crippen MR) is 47.1 cm³/mol. The van der Waals surface area contributed by atoms with E-state index in [1.165, 1.54) is 5.56 Å². The van der Waals surface area contributed by atoms with E-state index < -0.39 is 0 Å². The molecule has 2 heteroatoms. The van der Waals surface area contributed by atoms with Crippen molar-refractivity contribution >= 4 is 0 Å². The van der Waals surface area contributed by atoms with Gasteiger partial charge in [-0.2, -0.15) is 0 Å². The van der Waals surface area contributed by atoms with Crippen LogP contribution in [-0.2, 0) is 0 Å². The Morgan fingerprint density at radius 3 is 2.42 bits per heavy atom. The standard InChI is InChI=1S/C10H13NO/c12-11-10-6-9(7-10)8-4-2-1-3-5-8/h1-5,9-12H,6-7H2. The van der Waals surface area contributed by atoms with Crippen LogP contribution >= 0.6 is 0 Å². The van der Waals surface area contributed by atoms with Crippen LogP contribution in [0.15, 0.2) is 30.3 Å². The van der Waals surface area contributed by atoms with Gasteiger partial charge in [-0.05, 0) is 24.3 Å². The molecule has 0 amide bonds. The van der Waals surface area contributed by atoms with Crippen LogP contribution in [0, 0.1) is 0 Å². The highest BCUT2D eigenvalue weighted by Gasteiger charge is 2.29. The Balaban J connectivity index is 1.97. The van der Waals surface area contributed by atoms with Gasteiger partial charge in [0.25, 0.3) is 0 Å². The van der Waals surface area contributed by atoms with Crippen molar-refractivity contribution in [3.05, 3.63) is 35.9 Å². The molecule has 1 saturated carbocycles. The molecule has 2 nitrogen and oxygen atoms in total. The molecule has 0 aromatic heterocycles. The minimum absolute atomic E-state index is 0.315. The summed E-state index contributed by atoms with van der Waals surface area (Å²) in [6, 6.07) is 10.8. The molecule has 1 aliphatic carbocycles. The molecular weight excluding hydrogens is 150 g/mol. The monoisotopic (exact) mass is 163 g/mol. The van der Waals surface area contributed by atoms with Crippen LogP contribution in [0.1, 0.15) is 24.3 Å². The number of hydroxylamine groups is 1. The third-order valence-electron chi connectivity index (χ3n) is 2.59. The maximum atomic E-state index is 8.60. The maximum absolute atomic E-state index is 8.60. The smallest absolute Gasteiger partial charge is 0.0331 e. The fraction of sp³-hybridized carbons (Fsp3) is 0.400. The molecule has 1 fully saturated rings. The molecule has 0 unspecified atom stereocenters. The molecule has 0 saturated heterocycles. The molecular formula is C10H13NO. The van der Waals surface area contributed by atoms with Crippen molar-refractivity contribution in [3.63, 3.8) is 0 Å². The summed E-state index contributed by atoms with van der Waals surface area (Å²) in [5.41, 5.74) is 3.69. The highest BCUT2D eigenvalue weighted by Crippen LogP contribution is 2.36. The molecule has 0 heterocycles. The van der Waals surface area contributed by atoms with Gasteiger partial charge in [0.2, 0.25) is 0 Å². The van der Waals surface area contributed by atoms with Crippen molar-refractivity contribution in [2.24, 2.45) is 0 Å². The second-order valence-electron chi connectivity index (χ2n) is 3.41. The van der Waals surface area contributed by atoms with Crippen molar-refractivity contribution in [1.29, 1.82) is 0 Å². The number of hydrogen-bond donors (Lipinski definition) is 2. The first-order valence-corrected chi connectivity index (χ1v) is 4.34. The number of benzene rings is 1. The van der Waals surface area contributed by atoms with Gasteiger partial charge in [-0.1, -0.05) is 30.3 Å². The molecule has 0 bridgehead atoms. The van der Waals surface area contributed by atoms with Crippen LogP contribution in [0.4, 0.5) is 0 Å². The van der Waals surface area contributed by atoms with E-state index >= 15 is 0 Å². The summed E-state index contributed by atoms with van der Waals surface area (Å²) in [4.78, 5) is 0. The number of nitrogens with one attached hydrogen (secondary N) is 1. The van der Waals surface area contributed by atoms with Gasteiger partial charge >= 0.3 is 0 Å². The summed E-state index contributed by atoms with van der Waals surface area (Å²) in [5, 5.41) is 8.60. The van der Waals surface area contributed by atoms with Crippen molar-refractivity contribution in [1.82, 2.24) is 5.48 Å². The van der Waals surface area contributed by atoms with Crippen molar-refractivity contribution < 1.29 is 5.21 Å². The van der Waals surface area contributed by atoms with E-state index in [1.807, 2.05) is 6.07 Å². The van der Waals surface area contributed by atoms with Gasteiger partial charge in [0.15, 0.2) is 0 Å². The Morgan fingerprint density at radius 2 is 1.83 bits per heavy atom. The quantitative estimate of drug-likeness (QED) is 0.653. The van der Waals surface area contributed by atoms with E-state index in [9.17, 15) is 0 Å². The molecule has 2 rings (SSSR count). The Morgan fingerprint density at radius 1 is 1.17 bits per heavy atom. The van der Waals surface area contributed by atoms with Crippen LogP contribution in [0.5, 0.6) is 0 Å². The van der Waals surface area contributed by atoms with E-state index in [1.54, 1.807) is 0 Å². The lowest BCUT2D eigenvalue weighted by molar-refractivity contribution is 0.0782. The summed E-state index contributed by atoms with van der Waals surface area (Å²) < 4.78 is 0. The molecule has 0 aliphatic heterocycles. The van der Waals surface area contributed by atoms with E-state index in [4.69, 9.17) is 5.21 Å². The third kappa shape index (κ3) is 1.36. The largest absolute Gasteiger partial charge is 0.317 e. The highest BCUT2D eigenvalue weighted by atomic mass is 16.5. The molecule has 0 spiro atoms. The average molecular weight is 163 g/mol. The van der Waals surface area contributed by atoms with E-state index in [-0.39, 0.29) is 0 Å². The van der Waals surface area contributed by atoms with Gasteiger partial charge in [-0.15, -0.1) is 0 Å². The maximum Gasteiger partial charge on any atom is 0.0331 e. The first-order valence-electron chi connectivity index (χ1n) is 4.34. The predicted octanol–water partition coefficient (Wildman–Crippen LogP) is 1.91. The highest BCUT2D eigenvalue weighted by molar-refractivity contribution is 5.22. The summed E-state index contributed by atoms with van der Waals surface area (Å²) >= 11 is 0. The fourth-order valence-corrected chi connectivity index (χ4v) is 1.72. The van der Waals surface area contributed by atoms with Gasteiger partial charge in [0, 0.05) is 6.04 Å². The Bertz CT molecular complexity index is 241. The normalized spacial score (nSPS) is 28.1. The van der Waals surface area contributed by atoms with Gasteiger partial charge in [-0.25, -0.2) is 5.48 Å². The van der Waals surface area contributed by atoms with E-state index in [2.05, 4.69) is 29.7 Å². The lowest BCUT2D eigenvalue weighted by atomic mass is 9.76. The SMILES string of the molecule is ONC1CC(c2ccccc2)C1. The number of hydrogen-bond acceptors (Lipinski definition) is 2. The van der Waals surface area contributed by atoms with Crippen LogP contribution in [0.2, 0.25) is 0 Å². The van der Waals surface area contributed by atoms with Crippen molar-refractivity contribution in [2.45, 2.75) is 24.8 Å². The average Bonchev–Trinajstić information content (AvgIpc) is 2.04. The first-order chi connectivity index (χ1) is 5.90. The minimum atomic E-state index is 0.315. The summed E-state index contributed by atoms with van der Waals surface area (Å²) in [6.45, 7) is 0. The minimum Gasteiger partial charge on any atom is -0.317 e. The van der Waals surface area contributed by atoms with E-state index in [0.29, 0.717) is 12.0 Å². The first kappa shape index (κ1) is 7.77. The molecule has 2 N–H and O–H groups in total. The molecule has 12 heavy (non-hydrogen) atoms. The van der Waals surface area contributed by atoms with Gasteiger partial charge < -0.3 is 5.21 Å². The Hall–Kier alpha value is -0.860. The second kappa shape index (κ2) is 3.25. The van der Waals surface area contributed by atoms with Crippen LogP contribution in [0.25, 0.3) is 0 Å².